The summed E-state index contributed by atoms with van der Waals surface area (Å²) >= 11 is 18.1. The summed E-state index contributed by atoms with van der Waals surface area (Å²) in [4.78, 5) is 12.5. The molecule has 152 valence electrons. The Hall–Kier alpha value is -1.32. The molecule has 0 spiro atoms. The van der Waals surface area contributed by atoms with E-state index in [0.717, 1.165) is 5.56 Å². The van der Waals surface area contributed by atoms with Crippen LogP contribution in [0.15, 0.2) is 24.4 Å². The largest absolute Gasteiger partial charge is 0.308 e. The third-order valence-electron chi connectivity index (χ3n) is 4.58. The topological polar surface area (TPSA) is 84.3 Å². The highest BCUT2D eigenvalue weighted by Gasteiger charge is 2.29. The van der Waals surface area contributed by atoms with Gasteiger partial charge in [0, 0.05) is 25.2 Å². The first-order valence-corrected chi connectivity index (χ1v) is 11.5. The number of benzene rings is 1. The molecule has 0 saturated carbocycles. The lowest BCUT2D eigenvalue weighted by Gasteiger charge is -2.29. The van der Waals surface area contributed by atoms with E-state index < -0.39 is 10.0 Å². The van der Waals surface area contributed by atoms with Gasteiger partial charge in [-0.3, -0.25) is 9.48 Å². The minimum absolute atomic E-state index is 0.213. The van der Waals surface area contributed by atoms with E-state index in [1.165, 1.54) is 10.6 Å². The van der Waals surface area contributed by atoms with Crippen molar-refractivity contribution in [3.8, 4) is 0 Å². The van der Waals surface area contributed by atoms with E-state index in [4.69, 9.17) is 34.8 Å². The molecule has 28 heavy (non-hydrogen) atoms. The molecule has 1 aliphatic rings. The van der Waals surface area contributed by atoms with Crippen molar-refractivity contribution >= 4 is 56.6 Å². The molecular weight excluding hydrogens is 447 g/mol. The van der Waals surface area contributed by atoms with E-state index in [0.29, 0.717) is 47.5 Å². The van der Waals surface area contributed by atoms with Gasteiger partial charge < -0.3 is 5.32 Å². The maximum absolute atomic E-state index is 12.5. The lowest BCUT2D eigenvalue weighted by molar-refractivity contribution is -0.120. The summed E-state index contributed by atoms with van der Waals surface area (Å²) in [6.45, 7) is 1.08. The number of nitrogens with zero attached hydrogens (tertiary/aromatic N) is 3. The van der Waals surface area contributed by atoms with Crippen LogP contribution >= 0.6 is 34.8 Å². The van der Waals surface area contributed by atoms with Crippen LogP contribution in [0.4, 0.5) is 5.82 Å². The molecule has 0 bridgehead atoms. The predicted molar refractivity (Wildman–Crippen MR) is 111 cm³/mol. The number of carbonyl (C=O) groups is 1. The summed E-state index contributed by atoms with van der Waals surface area (Å²) in [7, 11) is -3.23. The van der Waals surface area contributed by atoms with Crippen molar-refractivity contribution in [2.45, 2.75) is 19.4 Å². The first-order valence-electron chi connectivity index (χ1n) is 8.56. The third kappa shape index (κ3) is 5.18. The number of aromatic nitrogens is 2. The number of nitrogens with one attached hydrogen (secondary N) is 1. The molecule has 11 heteroatoms. The van der Waals surface area contributed by atoms with Gasteiger partial charge in [-0.1, -0.05) is 40.9 Å². The van der Waals surface area contributed by atoms with E-state index in [1.807, 2.05) is 6.07 Å². The van der Waals surface area contributed by atoms with Gasteiger partial charge in [0.15, 0.2) is 5.82 Å². The first kappa shape index (κ1) is 21.4. The van der Waals surface area contributed by atoms with E-state index in [2.05, 4.69) is 10.4 Å². The van der Waals surface area contributed by atoms with Crippen LogP contribution < -0.4 is 5.32 Å². The number of sulfonamides is 1. The fraction of sp³-hybridized carbons (Fsp3) is 0.412. The van der Waals surface area contributed by atoms with E-state index >= 15 is 0 Å². The number of piperidine rings is 1. The van der Waals surface area contributed by atoms with Crippen molar-refractivity contribution in [1.82, 2.24) is 14.1 Å². The summed E-state index contributed by atoms with van der Waals surface area (Å²) in [6.07, 6.45) is 3.71. The van der Waals surface area contributed by atoms with Crippen molar-refractivity contribution in [2.75, 3.05) is 24.7 Å². The number of halogens is 3. The van der Waals surface area contributed by atoms with E-state index in [1.54, 1.807) is 23.0 Å². The van der Waals surface area contributed by atoms with Gasteiger partial charge in [0.25, 0.3) is 0 Å². The van der Waals surface area contributed by atoms with Crippen LogP contribution in [-0.4, -0.2) is 47.8 Å². The van der Waals surface area contributed by atoms with E-state index in [-0.39, 0.29) is 17.6 Å². The predicted octanol–water partition coefficient (Wildman–Crippen LogP) is 3.50. The number of carbonyl (C=O) groups excluding carboxylic acids is 1. The SMILES string of the molecule is CS(=O)(=O)N1CCC(C(=O)Nc2nn(Cc3ccc(Cl)c(Cl)c3)cc2Cl)CC1. The van der Waals surface area contributed by atoms with Crippen molar-refractivity contribution in [3.63, 3.8) is 0 Å². The molecule has 3 rings (SSSR count). The first-order chi connectivity index (χ1) is 13.1. The zero-order chi connectivity index (χ0) is 20.5. The summed E-state index contributed by atoms with van der Waals surface area (Å²) in [6, 6.07) is 5.28. The molecule has 1 aliphatic heterocycles. The van der Waals surface area contributed by atoms with Crippen LogP contribution in [0.2, 0.25) is 15.1 Å². The Balaban J connectivity index is 1.62. The zero-order valence-corrected chi connectivity index (χ0v) is 18.1. The van der Waals surface area contributed by atoms with Gasteiger partial charge in [-0.05, 0) is 30.5 Å². The number of anilines is 1. The Morgan fingerprint density at radius 2 is 1.86 bits per heavy atom. The molecule has 0 atom stereocenters. The molecule has 0 radical (unpaired) electrons. The molecule has 1 aromatic heterocycles. The smallest absolute Gasteiger partial charge is 0.228 e. The van der Waals surface area contributed by atoms with Gasteiger partial charge in [0.1, 0.15) is 5.02 Å². The van der Waals surface area contributed by atoms with Gasteiger partial charge in [-0.2, -0.15) is 5.10 Å². The standard InChI is InChI=1S/C17H19Cl3N4O3S/c1-28(26,27)24-6-4-12(5-7-24)17(25)21-16-15(20)10-23(22-16)9-11-2-3-13(18)14(19)8-11/h2-3,8,10,12H,4-7,9H2,1H3,(H,21,22,25). The molecule has 1 amide bonds. The van der Waals surface area contributed by atoms with Crippen LogP contribution in [0.25, 0.3) is 0 Å². The van der Waals surface area contributed by atoms with Gasteiger partial charge in [0.05, 0.1) is 22.8 Å². The van der Waals surface area contributed by atoms with Gasteiger partial charge >= 0.3 is 0 Å². The highest BCUT2D eigenvalue weighted by Crippen LogP contribution is 2.26. The number of hydrogen-bond acceptors (Lipinski definition) is 4. The summed E-state index contributed by atoms with van der Waals surface area (Å²) < 4.78 is 26.1. The number of rotatable bonds is 5. The van der Waals surface area contributed by atoms with Crippen molar-refractivity contribution in [2.24, 2.45) is 5.92 Å². The molecule has 1 N–H and O–H groups in total. The molecule has 2 heterocycles. The van der Waals surface area contributed by atoms with Crippen LogP contribution in [-0.2, 0) is 21.4 Å². The molecule has 2 aromatic rings. The Bertz CT molecular complexity index is 986. The average Bonchev–Trinajstić information content (AvgIpc) is 2.96. The van der Waals surface area contributed by atoms with Crippen molar-refractivity contribution in [3.05, 3.63) is 45.0 Å². The molecule has 0 aliphatic carbocycles. The number of hydrogen-bond donors (Lipinski definition) is 1. The number of amides is 1. The van der Waals surface area contributed by atoms with Gasteiger partial charge in [0.2, 0.25) is 15.9 Å². The third-order valence-corrected chi connectivity index (χ3v) is 6.90. The second-order valence-electron chi connectivity index (χ2n) is 6.70. The Morgan fingerprint density at radius 1 is 1.18 bits per heavy atom. The van der Waals surface area contributed by atoms with Crippen LogP contribution in [0.5, 0.6) is 0 Å². The Labute approximate surface area is 178 Å². The maximum Gasteiger partial charge on any atom is 0.228 e. The van der Waals surface area contributed by atoms with Crippen LogP contribution in [0, 0.1) is 5.92 Å². The van der Waals surface area contributed by atoms with Crippen LogP contribution in [0.3, 0.4) is 0 Å². The molecule has 0 unspecified atom stereocenters. The molecule has 7 nitrogen and oxygen atoms in total. The monoisotopic (exact) mass is 464 g/mol. The minimum Gasteiger partial charge on any atom is -0.308 e. The fourth-order valence-electron chi connectivity index (χ4n) is 3.06. The Morgan fingerprint density at radius 3 is 2.46 bits per heavy atom. The molecule has 1 saturated heterocycles. The Kier molecular flexibility index (Phi) is 6.56. The van der Waals surface area contributed by atoms with Gasteiger partial charge in [-0.25, -0.2) is 12.7 Å². The van der Waals surface area contributed by atoms with Crippen molar-refractivity contribution in [1.29, 1.82) is 0 Å². The second-order valence-corrected chi connectivity index (χ2v) is 9.90. The highest BCUT2D eigenvalue weighted by atomic mass is 35.5. The zero-order valence-electron chi connectivity index (χ0n) is 15.0. The van der Waals surface area contributed by atoms with Crippen molar-refractivity contribution < 1.29 is 13.2 Å². The molecule has 1 aromatic carbocycles. The quantitative estimate of drug-likeness (QED) is 0.732. The summed E-state index contributed by atoms with van der Waals surface area (Å²) in [5.74, 6) is -0.221. The minimum atomic E-state index is -3.23. The summed E-state index contributed by atoms with van der Waals surface area (Å²) in [5, 5.41) is 8.30. The highest BCUT2D eigenvalue weighted by molar-refractivity contribution is 7.88. The average molecular weight is 466 g/mol. The normalized spacial score (nSPS) is 16.3. The molecule has 1 fully saturated rings. The van der Waals surface area contributed by atoms with Gasteiger partial charge in [-0.15, -0.1) is 0 Å². The second kappa shape index (κ2) is 8.59. The van der Waals surface area contributed by atoms with E-state index in [9.17, 15) is 13.2 Å². The van der Waals surface area contributed by atoms with Crippen LogP contribution in [0.1, 0.15) is 18.4 Å². The fourth-order valence-corrected chi connectivity index (χ4v) is 4.45. The molecular formula is C17H19Cl3N4O3S. The summed E-state index contributed by atoms with van der Waals surface area (Å²) in [5.41, 5.74) is 0.889. The maximum atomic E-state index is 12.5. The lowest BCUT2D eigenvalue weighted by atomic mass is 9.97. The lowest BCUT2D eigenvalue weighted by Crippen LogP contribution is -2.40.